The molecular formula is C16H24N2O2. The highest BCUT2D eigenvalue weighted by molar-refractivity contribution is 5.81. The van der Waals surface area contributed by atoms with Crippen molar-refractivity contribution in [3.63, 3.8) is 0 Å². The highest BCUT2D eigenvalue weighted by Gasteiger charge is 2.23. The molecule has 2 rings (SSSR count). The lowest BCUT2D eigenvalue weighted by atomic mass is 10.1. The van der Waals surface area contributed by atoms with Crippen LogP contribution in [0.15, 0.2) is 30.3 Å². The van der Waals surface area contributed by atoms with Gasteiger partial charge in [0.1, 0.15) is 6.04 Å². The van der Waals surface area contributed by atoms with Crippen LogP contribution in [0.25, 0.3) is 0 Å². The van der Waals surface area contributed by atoms with Crippen molar-refractivity contribution in [3.8, 4) is 0 Å². The van der Waals surface area contributed by atoms with Crippen molar-refractivity contribution in [1.82, 2.24) is 10.2 Å². The Morgan fingerprint density at radius 1 is 1.35 bits per heavy atom. The second-order valence-corrected chi connectivity index (χ2v) is 5.28. The quantitative estimate of drug-likeness (QED) is 0.800. The Bertz CT molecular complexity index is 402. The van der Waals surface area contributed by atoms with Gasteiger partial charge in [0, 0.05) is 20.1 Å². The van der Waals surface area contributed by atoms with Gasteiger partial charge in [-0.15, -0.1) is 0 Å². The first-order chi connectivity index (χ1) is 9.77. The molecule has 0 spiro atoms. The van der Waals surface area contributed by atoms with Crippen molar-refractivity contribution in [3.05, 3.63) is 35.9 Å². The molecule has 0 bridgehead atoms. The molecule has 1 saturated heterocycles. The topological polar surface area (TPSA) is 41.6 Å². The summed E-state index contributed by atoms with van der Waals surface area (Å²) >= 11 is 0. The van der Waals surface area contributed by atoms with Gasteiger partial charge in [-0.25, -0.2) is 0 Å². The van der Waals surface area contributed by atoms with Crippen LogP contribution in [0.2, 0.25) is 0 Å². The molecule has 4 heteroatoms. The maximum atomic E-state index is 12.1. The molecule has 0 aromatic heterocycles. The summed E-state index contributed by atoms with van der Waals surface area (Å²) in [7, 11) is 1.88. The predicted octanol–water partition coefficient (Wildman–Crippen LogP) is 1.46. The van der Waals surface area contributed by atoms with E-state index in [1.54, 1.807) is 0 Å². The summed E-state index contributed by atoms with van der Waals surface area (Å²) in [5, 5.41) is 3.20. The van der Waals surface area contributed by atoms with E-state index in [0.29, 0.717) is 13.2 Å². The molecule has 1 amide bonds. The average molecular weight is 276 g/mol. The molecule has 1 unspecified atom stereocenters. The van der Waals surface area contributed by atoms with Crippen LogP contribution in [0.1, 0.15) is 18.4 Å². The zero-order valence-corrected chi connectivity index (χ0v) is 12.2. The largest absolute Gasteiger partial charge is 0.378 e. The molecule has 1 heterocycles. The summed E-state index contributed by atoms with van der Waals surface area (Å²) in [5.41, 5.74) is 1.36. The monoisotopic (exact) mass is 276 g/mol. The van der Waals surface area contributed by atoms with Crippen LogP contribution in [-0.4, -0.2) is 50.2 Å². The first-order valence-electron chi connectivity index (χ1n) is 7.37. The number of carbonyl (C=O) groups excluding carboxylic acids is 1. The molecule has 4 nitrogen and oxygen atoms in total. The molecule has 1 atom stereocenters. The van der Waals surface area contributed by atoms with Gasteiger partial charge in [0.25, 0.3) is 0 Å². The van der Waals surface area contributed by atoms with Gasteiger partial charge in [-0.05, 0) is 24.8 Å². The number of rotatable bonds is 6. The molecule has 110 valence electrons. The number of hydrogen-bond acceptors (Lipinski definition) is 3. The van der Waals surface area contributed by atoms with Gasteiger partial charge in [-0.2, -0.15) is 0 Å². The second kappa shape index (κ2) is 8.02. The van der Waals surface area contributed by atoms with Gasteiger partial charge in [0.05, 0.1) is 13.2 Å². The van der Waals surface area contributed by atoms with Gasteiger partial charge in [-0.3, -0.25) is 4.79 Å². The third-order valence-corrected chi connectivity index (χ3v) is 3.65. The Hall–Kier alpha value is -1.39. The number of ether oxygens (including phenoxy) is 1. The molecule has 1 aromatic rings. The number of likely N-dealkylation sites (N-methyl/N-ethyl adjacent to an activating group) is 1. The van der Waals surface area contributed by atoms with Crippen LogP contribution in [-0.2, 0) is 16.0 Å². The number of amides is 1. The minimum atomic E-state index is -0.164. The first-order valence-corrected chi connectivity index (χ1v) is 7.37. The number of nitrogens with zero attached hydrogens (tertiary/aromatic N) is 1. The Balaban J connectivity index is 1.64. The van der Waals surface area contributed by atoms with E-state index in [2.05, 4.69) is 29.6 Å². The molecule has 1 fully saturated rings. The third kappa shape index (κ3) is 4.62. The normalized spacial score (nSPS) is 18.8. The van der Waals surface area contributed by atoms with Gasteiger partial charge in [0.2, 0.25) is 5.91 Å². The minimum Gasteiger partial charge on any atom is -0.378 e. The van der Waals surface area contributed by atoms with Crippen LogP contribution in [0.5, 0.6) is 0 Å². The SMILES string of the molecule is CN(CCCCc1ccccc1)C(=O)C1COCCN1. The van der Waals surface area contributed by atoms with Gasteiger partial charge < -0.3 is 15.0 Å². The fourth-order valence-electron chi connectivity index (χ4n) is 2.42. The summed E-state index contributed by atoms with van der Waals surface area (Å²) in [5.74, 6) is 0.143. The number of nitrogens with one attached hydrogen (secondary N) is 1. The lowest BCUT2D eigenvalue weighted by Crippen LogP contribution is -2.51. The molecule has 20 heavy (non-hydrogen) atoms. The van der Waals surface area contributed by atoms with E-state index in [4.69, 9.17) is 4.74 Å². The number of carbonyl (C=O) groups is 1. The van der Waals surface area contributed by atoms with Gasteiger partial charge >= 0.3 is 0 Å². The first kappa shape index (κ1) is 15.0. The standard InChI is InChI=1S/C16H24N2O2/c1-18(16(19)15-13-20-12-10-17-15)11-6-5-9-14-7-3-2-4-8-14/h2-4,7-8,15,17H,5-6,9-13H2,1H3. The lowest BCUT2D eigenvalue weighted by Gasteiger charge is -2.27. The Morgan fingerprint density at radius 3 is 2.85 bits per heavy atom. The van der Waals surface area contributed by atoms with Crippen molar-refractivity contribution in [2.75, 3.05) is 33.4 Å². The Kier molecular flexibility index (Phi) is 6.02. The van der Waals surface area contributed by atoms with Crippen molar-refractivity contribution in [2.45, 2.75) is 25.3 Å². The lowest BCUT2D eigenvalue weighted by molar-refractivity contribution is -0.135. The number of unbranched alkanes of at least 4 members (excludes halogenated alkanes) is 1. The summed E-state index contributed by atoms with van der Waals surface area (Å²) in [6, 6.07) is 10.3. The Morgan fingerprint density at radius 2 is 2.15 bits per heavy atom. The Labute approximate surface area is 121 Å². The van der Waals surface area contributed by atoms with Crippen LogP contribution < -0.4 is 5.32 Å². The molecule has 1 aliphatic rings. The van der Waals surface area contributed by atoms with Gasteiger partial charge in [0.15, 0.2) is 0 Å². The number of morpholine rings is 1. The zero-order chi connectivity index (χ0) is 14.2. The average Bonchev–Trinajstić information content (AvgIpc) is 2.52. The van der Waals surface area contributed by atoms with E-state index >= 15 is 0 Å². The van der Waals surface area contributed by atoms with E-state index in [-0.39, 0.29) is 11.9 Å². The second-order valence-electron chi connectivity index (χ2n) is 5.28. The van der Waals surface area contributed by atoms with Gasteiger partial charge in [-0.1, -0.05) is 30.3 Å². The number of aryl methyl sites for hydroxylation is 1. The highest BCUT2D eigenvalue weighted by Crippen LogP contribution is 2.06. The highest BCUT2D eigenvalue weighted by atomic mass is 16.5. The van der Waals surface area contributed by atoms with Crippen molar-refractivity contribution >= 4 is 5.91 Å². The van der Waals surface area contributed by atoms with Crippen molar-refractivity contribution < 1.29 is 9.53 Å². The summed E-state index contributed by atoms with van der Waals surface area (Å²) < 4.78 is 5.33. The molecule has 0 aliphatic carbocycles. The third-order valence-electron chi connectivity index (χ3n) is 3.65. The van der Waals surface area contributed by atoms with Crippen LogP contribution in [0, 0.1) is 0 Å². The smallest absolute Gasteiger partial charge is 0.241 e. The summed E-state index contributed by atoms with van der Waals surface area (Å²) in [6.45, 7) is 2.76. The van der Waals surface area contributed by atoms with E-state index in [1.165, 1.54) is 5.56 Å². The maximum absolute atomic E-state index is 12.1. The van der Waals surface area contributed by atoms with Crippen molar-refractivity contribution in [2.24, 2.45) is 0 Å². The predicted molar refractivity (Wildman–Crippen MR) is 79.6 cm³/mol. The fourth-order valence-corrected chi connectivity index (χ4v) is 2.42. The maximum Gasteiger partial charge on any atom is 0.241 e. The summed E-state index contributed by atoms with van der Waals surface area (Å²) in [6.07, 6.45) is 3.22. The van der Waals surface area contributed by atoms with E-state index < -0.39 is 0 Å². The fraction of sp³-hybridized carbons (Fsp3) is 0.562. The van der Waals surface area contributed by atoms with Crippen LogP contribution in [0.3, 0.4) is 0 Å². The minimum absolute atomic E-state index is 0.143. The van der Waals surface area contributed by atoms with E-state index in [0.717, 1.165) is 32.4 Å². The van der Waals surface area contributed by atoms with E-state index in [9.17, 15) is 4.79 Å². The zero-order valence-electron chi connectivity index (χ0n) is 12.2. The summed E-state index contributed by atoms with van der Waals surface area (Å²) in [4.78, 5) is 14.0. The molecule has 0 saturated carbocycles. The van der Waals surface area contributed by atoms with E-state index in [1.807, 2.05) is 18.0 Å². The van der Waals surface area contributed by atoms with Crippen LogP contribution in [0.4, 0.5) is 0 Å². The molecule has 1 aliphatic heterocycles. The molecule has 0 radical (unpaired) electrons. The number of hydrogen-bond donors (Lipinski definition) is 1. The number of benzene rings is 1. The molecular weight excluding hydrogens is 252 g/mol. The molecule has 1 aromatic carbocycles. The van der Waals surface area contributed by atoms with Crippen LogP contribution >= 0.6 is 0 Å². The molecule has 1 N–H and O–H groups in total. The van der Waals surface area contributed by atoms with Crippen molar-refractivity contribution in [1.29, 1.82) is 0 Å².